The van der Waals surface area contributed by atoms with Gasteiger partial charge in [-0.05, 0) is 27.7 Å². The van der Waals surface area contributed by atoms with Crippen LogP contribution in [0.5, 0.6) is 0 Å². The summed E-state index contributed by atoms with van der Waals surface area (Å²) in [5, 5.41) is 3.57. The van der Waals surface area contributed by atoms with Crippen molar-refractivity contribution in [1.82, 2.24) is 9.78 Å². The summed E-state index contributed by atoms with van der Waals surface area (Å²) in [7, 11) is 0. The van der Waals surface area contributed by atoms with E-state index in [-0.39, 0.29) is 5.69 Å². The number of aryl methyl sites for hydroxylation is 1. The van der Waals surface area contributed by atoms with Crippen molar-refractivity contribution < 1.29 is 17.6 Å². The summed E-state index contributed by atoms with van der Waals surface area (Å²) in [4.78, 5) is 0. The molecule has 1 rings (SSSR count). The predicted octanol–water partition coefficient (Wildman–Crippen LogP) is 3.10. The summed E-state index contributed by atoms with van der Waals surface area (Å²) in [6.07, 6.45) is -4.70. The molecule has 0 radical (unpaired) electrons. The van der Waals surface area contributed by atoms with Crippen molar-refractivity contribution in [2.75, 3.05) is 0 Å². The second kappa shape index (κ2) is 3.21. The van der Waals surface area contributed by atoms with Gasteiger partial charge in [0.25, 0.3) is 0 Å². The van der Waals surface area contributed by atoms with E-state index in [4.69, 9.17) is 0 Å². The Morgan fingerprint density at radius 1 is 1.13 bits per heavy atom. The Balaban J connectivity index is 3.41. The molecule has 15 heavy (non-hydrogen) atoms. The number of alkyl halides is 3. The molecule has 1 heterocycles. The van der Waals surface area contributed by atoms with Gasteiger partial charge in [0.2, 0.25) is 5.95 Å². The van der Waals surface area contributed by atoms with E-state index >= 15 is 0 Å². The van der Waals surface area contributed by atoms with Crippen LogP contribution in [-0.2, 0) is 11.7 Å². The second-order valence-electron chi connectivity index (χ2n) is 4.33. The van der Waals surface area contributed by atoms with Gasteiger partial charge in [0.15, 0.2) is 0 Å². The van der Waals surface area contributed by atoms with Gasteiger partial charge in [-0.15, -0.1) is 0 Å². The third-order valence-corrected chi connectivity index (χ3v) is 1.92. The highest BCUT2D eigenvalue weighted by atomic mass is 19.4. The first-order valence-electron chi connectivity index (χ1n) is 4.38. The van der Waals surface area contributed by atoms with Crippen molar-refractivity contribution in [2.24, 2.45) is 0 Å². The standard InChI is InChI=1S/C9H12F4N2/c1-5-6(9(11,12)13)7(10)15(14-5)8(2,3)4/h1-4H3. The molecular weight excluding hydrogens is 212 g/mol. The third-order valence-electron chi connectivity index (χ3n) is 1.92. The van der Waals surface area contributed by atoms with E-state index < -0.39 is 23.2 Å². The Kier molecular flexibility index (Phi) is 2.57. The number of hydrogen-bond acceptors (Lipinski definition) is 1. The van der Waals surface area contributed by atoms with Gasteiger partial charge in [-0.2, -0.15) is 22.7 Å². The van der Waals surface area contributed by atoms with E-state index in [0.29, 0.717) is 0 Å². The SMILES string of the molecule is Cc1nn(C(C)(C)C)c(F)c1C(F)(F)F. The Hall–Kier alpha value is -1.07. The Bertz CT molecular complexity index is 371. The Labute approximate surface area is 84.9 Å². The molecule has 2 nitrogen and oxygen atoms in total. The summed E-state index contributed by atoms with van der Waals surface area (Å²) in [5.74, 6) is -1.33. The molecule has 0 aliphatic heterocycles. The van der Waals surface area contributed by atoms with Gasteiger partial charge in [-0.1, -0.05) is 0 Å². The van der Waals surface area contributed by atoms with Crippen LogP contribution >= 0.6 is 0 Å². The van der Waals surface area contributed by atoms with Gasteiger partial charge >= 0.3 is 6.18 Å². The molecule has 0 saturated heterocycles. The van der Waals surface area contributed by atoms with E-state index in [2.05, 4.69) is 5.10 Å². The van der Waals surface area contributed by atoms with Gasteiger partial charge in [0, 0.05) is 0 Å². The van der Waals surface area contributed by atoms with Gasteiger partial charge in [-0.25, -0.2) is 4.68 Å². The smallest absolute Gasteiger partial charge is 0.233 e. The lowest BCUT2D eigenvalue weighted by Crippen LogP contribution is -2.25. The molecule has 0 aliphatic carbocycles. The minimum absolute atomic E-state index is 0.338. The maximum absolute atomic E-state index is 13.5. The Morgan fingerprint density at radius 2 is 1.60 bits per heavy atom. The van der Waals surface area contributed by atoms with E-state index in [1.165, 1.54) is 0 Å². The van der Waals surface area contributed by atoms with Crippen molar-refractivity contribution >= 4 is 0 Å². The fraction of sp³-hybridized carbons (Fsp3) is 0.667. The van der Waals surface area contributed by atoms with Crippen molar-refractivity contribution in [3.8, 4) is 0 Å². The largest absolute Gasteiger partial charge is 0.422 e. The molecule has 0 unspecified atom stereocenters. The summed E-state index contributed by atoms with van der Waals surface area (Å²) in [6, 6.07) is 0. The molecule has 0 atom stereocenters. The monoisotopic (exact) mass is 224 g/mol. The van der Waals surface area contributed by atoms with E-state index in [1.54, 1.807) is 20.8 Å². The molecule has 1 aromatic rings. The molecule has 1 aromatic heterocycles. The summed E-state index contributed by atoms with van der Waals surface area (Å²) in [5.41, 5.74) is -2.43. The zero-order valence-electron chi connectivity index (χ0n) is 8.91. The summed E-state index contributed by atoms with van der Waals surface area (Å²) < 4.78 is 51.5. The molecule has 6 heteroatoms. The molecule has 0 fully saturated rings. The Morgan fingerprint density at radius 3 is 1.80 bits per heavy atom. The van der Waals surface area contributed by atoms with Crippen LogP contribution in [0.4, 0.5) is 17.6 Å². The first-order valence-corrected chi connectivity index (χ1v) is 4.38. The van der Waals surface area contributed by atoms with Crippen LogP contribution < -0.4 is 0 Å². The number of aromatic nitrogens is 2. The molecule has 0 bridgehead atoms. The fourth-order valence-corrected chi connectivity index (χ4v) is 1.27. The molecular formula is C9H12F4N2. The van der Waals surface area contributed by atoms with Crippen LogP contribution in [-0.4, -0.2) is 9.78 Å². The molecule has 0 saturated carbocycles. The van der Waals surface area contributed by atoms with Crippen molar-refractivity contribution in [3.63, 3.8) is 0 Å². The number of halogens is 4. The van der Waals surface area contributed by atoms with Crippen LogP contribution in [0.3, 0.4) is 0 Å². The van der Waals surface area contributed by atoms with Crippen LogP contribution in [0.15, 0.2) is 0 Å². The van der Waals surface area contributed by atoms with E-state index in [0.717, 1.165) is 11.6 Å². The quantitative estimate of drug-likeness (QED) is 0.619. The first kappa shape index (κ1) is 12.0. The van der Waals surface area contributed by atoms with Crippen LogP contribution in [0.1, 0.15) is 32.0 Å². The van der Waals surface area contributed by atoms with Gasteiger partial charge < -0.3 is 0 Å². The van der Waals surface area contributed by atoms with Crippen LogP contribution in [0, 0.1) is 12.9 Å². The molecule has 0 amide bonds. The first-order chi connectivity index (χ1) is 6.55. The van der Waals surface area contributed by atoms with Crippen molar-refractivity contribution in [1.29, 1.82) is 0 Å². The van der Waals surface area contributed by atoms with Gasteiger partial charge in [0.1, 0.15) is 5.56 Å². The topological polar surface area (TPSA) is 17.8 Å². The lowest BCUT2D eigenvalue weighted by molar-refractivity contribution is -0.140. The fourth-order valence-electron chi connectivity index (χ4n) is 1.27. The minimum atomic E-state index is -4.70. The lowest BCUT2D eigenvalue weighted by Gasteiger charge is -2.19. The maximum atomic E-state index is 13.5. The second-order valence-corrected chi connectivity index (χ2v) is 4.33. The van der Waals surface area contributed by atoms with Gasteiger partial charge in [0.05, 0.1) is 11.2 Å². The molecule has 0 spiro atoms. The van der Waals surface area contributed by atoms with Crippen LogP contribution in [0.25, 0.3) is 0 Å². The molecule has 86 valence electrons. The zero-order valence-corrected chi connectivity index (χ0v) is 8.91. The minimum Gasteiger partial charge on any atom is -0.233 e. The summed E-state index contributed by atoms with van der Waals surface area (Å²) in [6.45, 7) is 5.90. The highest BCUT2D eigenvalue weighted by molar-refractivity contribution is 5.21. The van der Waals surface area contributed by atoms with Crippen molar-refractivity contribution in [2.45, 2.75) is 39.4 Å². The predicted molar refractivity (Wildman–Crippen MR) is 46.9 cm³/mol. The molecule has 0 aliphatic rings. The molecule has 0 N–H and O–H groups in total. The lowest BCUT2D eigenvalue weighted by atomic mass is 10.1. The van der Waals surface area contributed by atoms with E-state index in [9.17, 15) is 17.6 Å². The number of rotatable bonds is 0. The average molecular weight is 224 g/mol. The number of nitrogens with zero attached hydrogens (tertiary/aromatic N) is 2. The third kappa shape index (κ3) is 2.13. The number of hydrogen-bond donors (Lipinski definition) is 0. The average Bonchev–Trinajstić information content (AvgIpc) is 2.22. The van der Waals surface area contributed by atoms with E-state index in [1.807, 2.05) is 0 Å². The van der Waals surface area contributed by atoms with Crippen LogP contribution in [0.2, 0.25) is 0 Å². The molecule has 0 aromatic carbocycles. The highest BCUT2D eigenvalue weighted by Gasteiger charge is 2.40. The summed E-state index contributed by atoms with van der Waals surface area (Å²) >= 11 is 0. The van der Waals surface area contributed by atoms with Gasteiger partial charge in [-0.3, -0.25) is 0 Å². The van der Waals surface area contributed by atoms with Crippen molar-refractivity contribution in [3.05, 3.63) is 17.2 Å². The zero-order chi connectivity index (χ0) is 12.0. The highest BCUT2D eigenvalue weighted by Crippen LogP contribution is 2.35. The normalized spacial score (nSPS) is 13.3. The maximum Gasteiger partial charge on any atom is 0.422 e.